The lowest BCUT2D eigenvalue weighted by Crippen LogP contribution is -2.17. The smallest absolute Gasteiger partial charge is 0.275 e. The maximum atomic E-state index is 12.1. The second kappa shape index (κ2) is 5.83. The van der Waals surface area contributed by atoms with E-state index >= 15 is 0 Å². The molecule has 0 spiro atoms. The third-order valence-electron chi connectivity index (χ3n) is 2.82. The van der Waals surface area contributed by atoms with Gasteiger partial charge in [0.15, 0.2) is 0 Å². The van der Waals surface area contributed by atoms with Crippen LogP contribution in [0.25, 0.3) is 0 Å². The van der Waals surface area contributed by atoms with Gasteiger partial charge in [0.2, 0.25) is 5.91 Å². The van der Waals surface area contributed by atoms with E-state index in [-0.39, 0.29) is 11.6 Å². The van der Waals surface area contributed by atoms with Gasteiger partial charge in [0.05, 0.1) is 0 Å². The van der Waals surface area contributed by atoms with Crippen molar-refractivity contribution in [3.63, 3.8) is 0 Å². The van der Waals surface area contributed by atoms with Gasteiger partial charge >= 0.3 is 0 Å². The van der Waals surface area contributed by atoms with E-state index in [0.717, 1.165) is 0 Å². The zero-order chi connectivity index (χ0) is 14.7. The molecule has 102 valence electrons. The fourth-order valence-electron chi connectivity index (χ4n) is 1.77. The number of nitrogens with zero attached hydrogens (tertiary/aromatic N) is 1. The maximum Gasteiger partial charge on any atom is 0.275 e. The number of nitrogens with one attached hydrogen (secondary N) is 1. The number of anilines is 1. The van der Waals surface area contributed by atoms with Crippen LogP contribution in [0.2, 0.25) is 0 Å². The molecule has 0 radical (unpaired) electrons. The molecule has 0 aliphatic carbocycles. The Balaban J connectivity index is 2.32. The Bertz CT molecular complexity index is 686. The molecule has 0 bridgehead atoms. The zero-order valence-corrected chi connectivity index (χ0v) is 12.3. The summed E-state index contributed by atoms with van der Waals surface area (Å²) in [4.78, 5) is 27.4. The number of amides is 2. The molecule has 0 saturated heterocycles. The third-order valence-corrected chi connectivity index (χ3v) is 3.46. The first kappa shape index (κ1) is 14.2. The molecule has 20 heavy (non-hydrogen) atoms. The van der Waals surface area contributed by atoms with Crippen LogP contribution in [-0.2, 0) is 0 Å². The number of benzene rings is 1. The minimum atomic E-state index is -0.530. The van der Waals surface area contributed by atoms with Crippen molar-refractivity contribution in [3.8, 4) is 0 Å². The standard InChI is InChI=1S/C14H12BrN3O2/c1-8-9(13(16)19)4-2-6-11(8)18-14(20)12-10(15)5-3-7-17-12/h2-7H,1H3,(H2,16,19)(H,18,20). The number of carbonyl (C=O) groups is 2. The van der Waals surface area contributed by atoms with Gasteiger partial charge in [0, 0.05) is 21.9 Å². The molecule has 2 aromatic rings. The van der Waals surface area contributed by atoms with Gasteiger partial charge in [-0.25, -0.2) is 4.98 Å². The van der Waals surface area contributed by atoms with Gasteiger partial charge in [-0.2, -0.15) is 0 Å². The number of rotatable bonds is 3. The SMILES string of the molecule is Cc1c(NC(=O)c2ncccc2Br)cccc1C(N)=O. The van der Waals surface area contributed by atoms with Gasteiger partial charge in [-0.1, -0.05) is 6.07 Å². The Morgan fingerprint density at radius 3 is 2.65 bits per heavy atom. The lowest BCUT2D eigenvalue weighted by Gasteiger charge is -2.11. The Labute approximate surface area is 124 Å². The Morgan fingerprint density at radius 1 is 1.25 bits per heavy atom. The van der Waals surface area contributed by atoms with Crippen LogP contribution in [0.15, 0.2) is 41.0 Å². The van der Waals surface area contributed by atoms with Crippen molar-refractivity contribution >= 4 is 33.4 Å². The molecule has 1 aromatic heterocycles. The molecular formula is C14H12BrN3O2. The van der Waals surface area contributed by atoms with E-state index < -0.39 is 5.91 Å². The summed E-state index contributed by atoms with van der Waals surface area (Å²) in [6, 6.07) is 8.44. The van der Waals surface area contributed by atoms with Gasteiger partial charge in [-0.15, -0.1) is 0 Å². The second-order valence-corrected chi connectivity index (χ2v) is 4.98. The van der Waals surface area contributed by atoms with Crippen molar-refractivity contribution in [1.29, 1.82) is 0 Å². The fourth-order valence-corrected chi connectivity index (χ4v) is 2.21. The van der Waals surface area contributed by atoms with Crippen molar-refractivity contribution in [3.05, 3.63) is 57.8 Å². The molecule has 0 fully saturated rings. The van der Waals surface area contributed by atoms with E-state index in [1.807, 2.05) is 0 Å². The van der Waals surface area contributed by atoms with Gasteiger partial charge < -0.3 is 11.1 Å². The monoisotopic (exact) mass is 333 g/mol. The molecule has 0 aliphatic rings. The van der Waals surface area contributed by atoms with Crippen LogP contribution in [0.4, 0.5) is 5.69 Å². The molecule has 0 saturated carbocycles. The highest BCUT2D eigenvalue weighted by atomic mass is 79.9. The van der Waals surface area contributed by atoms with Crippen molar-refractivity contribution < 1.29 is 9.59 Å². The topological polar surface area (TPSA) is 85.1 Å². The summed E-state index contributed by atoms with van der Waals surface area (Å²) in [6.45, 7) is 1.73. The van der Waals surface area contributed by atoms with Crippen LogP contribution in [0, 0.1) is 6.92 Å². The largest absolute Gasteiger partial charge is 0.366 e. The molecule has 0 unspecified atom stereocenters. The quantitative estimate of drug-likeness (QED) is 0.904. The highest BCUT2D eigenvalue weighted by Crippen LogP contribution is 2.20. The lowest BCUT2D eigenvalue weighted by atomic mass is 10.1. The van der Waals surface area contributed by atoms with Crippen molar-refractivity contribution in [2.24, 2.45) is 5.73 Å². The van der Waals surface area contributed by atoms with E-state index in [0.29, 0.717) is 21.3 Å². The van der Waals surface area contributed by atoms with Crippen LogP contribution < -0.4 is 11.1 Å². The molecule has 0 aliphatic heterocycles. The van der Waals surface area contributed by atoms with Crippen molar-refractivity contribution in [2.45, 2.75) is 6.92 Å². The third kappa shape index (κ3) is 2.85. The van der Waals surface area contributed by atoms with Crippen LogP contribution in [-0.4, -0.2) is 16.8 Å². The number of carbonyl (C=O) groups excluding carboxylic acids is 2. The van der Waals surface area contributed by atoms with Crippen LogP contribution in [0.3, 0.4) is 0 Å². The van der Waals surface area contributed by atoms with Gasteiger partial charge in [0.25, 0.3) is 5.91 Å². The number of hydrogen-bond acceptors (Lipinski definition) is 3. The molecule has 1 heterocycles. The Morgan fingerprint density at radius 2 is 2.00 bits per heavy atom. The number of aromatic nitrogens is 1. The molecule has 5 nitrogen and oxygen atoms in total. The predicted molar refractivity (Wildman–Crippen MR) is 79.6 cm³/mol. The van der Waals surface area contributed by atoms with Crippen LogP contribution >= 0.6 is 15.9 Å². The van der Waals surface area contributed by atoms with E-state index in [2.05, 4.69) is 26.2 Å². The molecular weight excluding hydrogens is 322 g/mol. The summed E-state index contributed by atoms with van der Waals surface area (Å²) in [7, 11) is 0. The van der Waals surface area contributed by atoms with Gasteiger partial charge in [0.1, 0.15) is 5.69 Å². The summed E-state index contributed by atoms with van der Waals surface area (Å²) in [5.41, 5.74) is 7.09. The Kier molecular flexibility index (Phi) is 4.14. The van der Waals surface area contributed by atoms with Crippen molar-refractivity contribution in [1.82, 2.24) is 4.98 Å². The number of nitrogens with two attached hydrogens (primary N) is 1. The summed E-state index contributed by atoms with van der Waals surface area (Å²) in [5, 5.41) is 2.72. The molecule has 6 heteroatoms. The number of primary amides is 1. The lowest BCUT2D eigenvalue weighted by molar-refractivity contribution is 0.0994. The summed E-state index contributed by atoms with van der Waals surface area (Å²) < 4.78 is 0.598. The maximum absolute atomic E-state index is 12.1. The molecule has 3 N–H and O–H groups in total. The predicted octanol–water partition coefficient (Wildman–Crippen LogP) is 2.50. The van der Waals surface area contributed by atoms with Crippen molar-refractivity contribution in [2.75, 3.05) is 5.32 Å². The fraction of sp³-hybridized carbons (Fsp3) is 0.0714. The number of pyridine rings is 1. The minimum Gasteiger partial charge on any atom is -0.366 e. The number of hydrogen-bond donors (Lipinski definition) is 2. The average molecular weight is 334 g/mol. The molecule has 2 rings (SSSR count). The molecule has 1 aromatic carbocycles. The van der Waals surface area contributed by atoms with Crippen LogP contribution in [0.1, 0.15) is 26.4 Å². The van der Waals surface area contributed by atoms with E-state index in [4.69, 9.17) is 5.73 Å². The molecule has 2 amide bonds. The first-order valence-electron chi connectivity index (χ1n) is 5.82. The summed E-state index contributed by atoms with van der Waals surface area (Å²) in [6.07, 6.45) is 1.53. The first-order valence-corrected chi connectivity index (χ1v) is 6.61. The normalized spacial score (nSPS) is 10.1. The highest BCUT2D eigenvalue weighted by Gasteiger charge is 2.14. The minimum absolute atomic E-state index is 0.274. The van der Waals surface area contributed by atoms with Gasteiger partial charge in [-0.3, -0.25) is 9.59 Å². The van der Waals surface area contributed by atoms with E-state index in [1.54, 1.807) is 37.3 Å². The Hall–Kier alpha value is -2.21. The summed E-state index contributed by atoms with van der Waals surface area (Å²) in [5.74, 6) is -0.889. The van der Waals surface area contributed by atoms with E-state index in [9.17, 15) is 9.59 Å². The second-order valence-electron chi connectivity index (χ2n) is 4.13. The van der Waals surface area contributed by atoms with Crippen LogP contribution in [0.5, 0.6) is 0 Å². The highest BCUT2D eigenvalue weighted by molar-refractivity contribution is 9.10. The number of halogens is 1. The first-order chi connectivity index (χ1) is 9.50. The zero-order valence-electron chi connectivity index (χ0n) is 10.7. The summed E-state index contributed by atoms with van der Waals surface area (Å²) >= 11 is 3.27. The van der Waals surface area contributed by atoms with E-state index in [1.165, 1.54) is 6.20 Å². The van der Waals surface area contributed by atoms with Gasteiger partial charge in [-0.05, 0) is 52.7 Å². The molecule has 0 atom stereocenters. The average Bonchev–Trinajstić information content (AvgIpc) is 2.41.